The molecule has 2 N–H and O–H groups in total. The quantitative estimate of drug-likeness (QED) is 0.704. The molecular formula is C21H20N4O3. The summed E-state index contributed by atoms with van der Waals surface area (Å²) in [7, 11) is 0. The Labute approximate surface area is 162 Å². The fraction of sp³-hybridized carbons (Fsp3) is 0.190. The highest BCUT2D eigenvalue weighted by molar-refractivity contribution is 6.03. The molecule has 1 amide bonds. The Bertz CT molecular complexity index is 1010. The summed E-state index contributed by atoms with van der Waals surface area (Å²) in [6, 6.07) is 14.8. The van der Waals surface area contributed by atoms with Gasteiger partial charge in [0.25, 0.3) is 5.91 Å². The Hall–Kier alpha value is -3.61. The average Bonchev–Trinajstić information content (AvgIpc) is 2.74. The molecular weight excluding hydrogens is 356 g/mol. The number of anilines is 3. The zero-order valence-corrected chi connectivity index (χ0v) is 15.4. The molecule has 7 nitrogen and oxygen atoms in total. The summed E-state index contributed by atoms with van der Waals surface area (Å²) < 4.78 is 11.1. The number of fused-ring (bicyclic) bond motifs is 1. The first-order chi connectivity index (χ1) is 13.7. The molecule has 0 radical (unpaired) electrons. The molecule has 0 unspecified atom stereocenters. The van der Waals surface area contributed by atoms with E-state index in [4.69, 9.17) is 9.47 Å². The maximum atomic E-state index is 12.6. The van der Waals surface area contributed by atoms with E-state index in [0.717, 1.165) is 23.4 Å². The van der Waals surface area contributed by atoms with Crippen molar-refractivity contribution in [3.05, 3.63) is 66.0 Å². The highest BCUT2D eigenvalue weighted by Gasteiger charge is 2.14. The van der Waals surface area contributed by atoms with Gasteiger partial charge in [-0.3, -0.25) is 4.79 Å². The van der Waals surface area contributed by atoms with Crippen molar-refractivity contribution in [3.8, 4) is 11.5 Å². The largest absolute Gasteiger partial charge is 0.486 e. The molecule has 1 aromatic heterocycles. The summed E-state index contributed by atoms with van der Waals surface area (Å²) in [4.78, 5) is 21.1. The number of rotatable bonds is 5. The number of aromatic nitrogens is 2. The van der Waals surface area contributed by atoms with E-state index in [1.807, 2.05) is 49.4 Å². The number of benzene rings is 2. The molecule has 4 rings (SSSR count). The summed E-state index contributed by atoms with van der Waals surface area (Å²) in [6.07, 6.45) is 2.38. The van der Waals surface area contributed by atoms with Gasteiger partial charge in [-0.05, 0) is 36.2 Å². The molecule has 0 bridgehead atoms. The van der Waals surface area contributed by atoms with Gasteiger partial charge in [0.1, 0.15) is 18.9 Å². The third-order valence-electron chi connectivity index (χ3n) is 4.33. The van der Waals surface area contributed by atoms with Crippen LogP contribution in [0.1, 0.15) is 23.0 Å². The van der Waals surface area contributed by atoms with Crippen molar-refractivity contribution < 1.29 is 14.3 Å². The number of hydrogen-bond donors (Lipinski definition) is 2. The Kier molecular flexibility index (Phi) is 5.05. The van der Waals surface area contributed by atoms with E-state index in [2.05, 4.69) is 20.6 Å². The fourth-order valence-corrected chi connectivity index (χ4v) is 2.93. The number of carbonyl (C=O) groups is 1. The van der Waals surface area contributed by atoms with E-state index in [9.17, 15) is 4.79 Å². The summed E-state index contributed by atoms with van der Waals surface area (Å²) in [5.74, 6) is 1.42. The van der Waals surface area contributed by atoms with E-state index in [1.54, 1.807) is 12.3 Å². The van der Waals surface area contributed by atoms with Crippen molar-refractivity contribution in [2.24, 2.45) is 0 Å². The number of carbonyl (C=O) groups excluding carboxylic acids is 1. The molecule has 0 saturated carbocycles. The monoisotopic (exact) mass is 376 g/mol. The van der Waals surface area contributed by atoms with Crippen molar-refractivity contribution in [1.29, 1.82) is 0 Å². The second-order valence-corrected chi connectivity index (χ2v) is 6.21. The first-order valence-corrected chi connectivity index (χ1v) is 9.12. The van der Waals surface area contributed by atoms with Gasteiger partial charge in [0, 0.05) is 23.6 Å². The van der Waals surface area contributed by atoms with Crippen LogP contribution in [0.25, 0.3) is 0 Å². The van der Waals surface area contributed by atoms with Crippen LogP contribution >= 0.6 is 0 Å². The van der Waals surface area contributed by atoms with E-state index in [0.29, 0.717) is 30.7 Å². The van der Waals surface area contributed by atoms with Crippen LogP contribution < -0.4 is 20.1 Å². The van der Waals surface area contributed by atoms with Crippen LogP contribution in [-0.2, 0) is 6.42 Å². The van der Waals surface area contributed by atoms with Crippen molar-refractivity contribution in [1.82, 2.24) is 9.97 Å². The van der Waals surface area contributed by atoms with E-state index in [-0.39, 0.29) is 11.6 Å². The van der Waals surface area contributed by atoms with Crippen molar-refractivity contribution in [3.63, 3.8) is 0 Å². The number of hydrogen-bond acceptors (Lipinski definition) is 6. The number of ether oxygens (including phenoxy) is 2. The lowest BCUT2D eigenvalue weighted by Crippen LogP contribution is -2.16. The van der Waals surface area contributed by atoms with Gasteiger partial charge in [-0.25, -0.2) is 9.97 Å². The van der Waals surface area contributed by atoms with E-state index < -0.39 is 0 Å². The second-order valence-electron chi connectivity index (χ2n) is 6.21. The van der Waals surface area contributed by atoms with Gasteiger partial charge in [0.15, 0.2) is 11.5 Å². The highest BCUT2D eigenvalue weighted by atomic mass is 16.6. The fourth-order valence-electron chi connectivity index (χ4n) is 2.93. The molecule has 1 aliphatic rings. The van der Waals surface area contributed by atoms with Gasteiger partial charge < -0.3 is 20.1 Å². The Morgan fingerprint density at radius 3 is 2.75 bits per heavy atom. The molecule has 28 heavy (non-hydrogen) atoms. The smallest absolute Gasteiger partial charge is 0.274 e. The lowest BCUT2D eigenvalue weighted by atomic mass is 10.1. The zero-order valence-electron chi connectivity index (χ0n) is 15.4. The molecule has 0 atom stereocenters. The second kappa shape index (κ2) is 7.96. The van der Waals surface area contributed by atoms with Crippen LogP contribution in [0.4, 0.5) is 17.3 Å². The summed E-state index contributed by atoms with van der Waals surface area (Å²) in [5, 5.41) is 6.01. The topological polar surface area (TPSA) is 85.4 Å². The minimum absolute atomic E-state index is 0.279. The van der Waals surface area contributed by atoms with Gasteiger partial charge in [-0.2, -0.15) is 0 Å². The molecule has 3 aromatic rings. The normalized spacial score (nSPS) is 12.3. The van der Waals surface area contributed by atoms with Crippen molar-refractivity contribution in [2.75, 3.05) is 23.8 Å². The van der Waals surface area contributed by atoms with Crippen molar-refractivity contribution >= 4 is 23.2 Å². The summed E-state index contributed by atoms with van der Waals surface area (Å²) in [6.45, 7) is 3.11. The van der Waals surface area contributed by atoms with Crippen LogP contribution in [0, 0.1) is 0 Å². The van der Waals surface area contributed by atoms with Gasteiger partial charge in [-0.1, -0.05) is 25.1 Å². The standard InChI is InChI=1S/C21H20N4O3/c1-2-14-5-3-4-6-16(14)24-20(26)17-9-10-22-21(25-17)23-15-7-8-18-19(13-15)28-12-11-27-18/h3-10,13H,2,11-12H2,1H3,(H,24,26)(H,22,23,25). The summed E-state index contributed by atoms with van der Waals surface area (Å²) in [5.41, 5.74) is 2.88. The van der Waals surface area contributed by atoms with Gasteiger partial charge in [0.2, 0.25) is 5.95 Å². The van der Waals surface area contributed by atoms with E-state index in [1.165, 1.54) is 0 Å². The molecule has 2 heterocycles. The van der Waals surface area contributed by atoms with Gasteiger partial charge in [0.05, 0.1) is 0 Å². The number of aryl methyl sites for hydroxylation is 1. The van der Waals surface area contributed by atoms with Gasteiger partial charge in [-0.15, -0.1) is 0 Å². The average molecular weight is 376 g/mol. The Morgan fingerprint density at radius 1 is 1.07 bits per heavy atom. The lowest BCUT2D eigenvalue weighted by Gasteiger charge is -2.19. The third-order valence-corrected chi connectivity index (χ3v) is 4.33. The van der Waals surface area contributed by atoms with E-state index >= 15 is 0 Å². The maximum absolute atomic E-state index is 12.6. The van der Waals surface area contributed by atoms with Crippen LogP contribution in [-0.4, -0.2) is 29.1 Å². The van der Waals surface area contributed by atoms with Crippen molar-refractivity contribution in [2.45, 2.75) is 13.3 Å². The first-order valence-electron chi connectivity index (χ1n) is 9.12. The van der Waals surface area contributed by atoms with Crippen LogP contribution in [0.2, 0.25) is 0 Å². The molecule has 0 aliphatic carbocycles. The molecule has 0 fully saturated rings. The number of nitrogens with one attached hydrogen (secondary N) is 2. The molecule has 7 heteroatoms. The van der Waals surface area contributed by atoms with Crippen LogP contribution in [0.3, 0.4) is 0 Å². The SMILES string of the molecule is CCc1ccccc1NC(=O)c1ccnc(Nc2ccc3c(c2)OCCO3)n1. The van der Waals surface area contributed by atoms with Gasteiger partial charge >= 0.3 is 0 Å². The van der Waals surface area contributed by atoms with Crippen LogP contribution in [0.15, 0.2) is 54.7 Å². The molecule has 2 aromatic carbocycles. The zero-order chi connectivity index (χ0) is 19.3. The van der Waals surface area contributed by atoms with Crippen LogP contribution in [0.5, 0.6) is 11.5 Å². The minimum atomic E-state index is -0.284. The molecule has 0 saturated heterocycles. The molecule has 0 spiro atoms. The number of amides is 1. The Morgan fingerprint density at radius 2 is 1.89 bits per heavy atom. The lowest BCUT2D eigenvalue weighted by molar-refractivity contribution is 0.102. The predicted molar refractivity (Wildman–Crippen MR) is 107 cm³/mol. The highest BCUT2D eigenvalue weighted by Crippen LogP contribution is 2.33. The first kappa shape index (κ1) is 17.8. The molecule has 1 aliphatic heterocycles. The number of para-hydroxylation sites is 1. The Balaban J connectivity index is 1.50. The minimum Gasteiger partial charge on any atom is -0.486 e. The third kappa shape index (κ3) is 3.88. The maximum Gasteiger partial charge on any atom is 0.274 e. The molecule has 142 valence electrons. The number of nitrogens with zero attached hydrogens (tertiary/aromatic N) is 2. The summed E-state index contributed by atoms with van der Waals surface area (Å²) >= 11 is 0. The predicted octanol–water partition coefficient (Wildman–Crippen LogP) is 3.81.